The van der Waals surface area contributed by atoms with Gasteiger partial charge < -0.3 is 20.3 Å². The van der Waals surface area contributed by atoms with E-state index < -0.39 is 5.97 Å². The number of carbonyl (C=O) groups is 3. The number of fused-ring (bicyclic) bond motifs is 1. The van der Waals surface area contributed by atoms with E-state index in [4.69, 9.17) is 11.1 Å². The van der Waals surface area contributed by atoms with Gasteiger partial charge >= 0.3 is 5.97 Å². The van der Waals surface area contributed by atoms with E-state index in [1.807, 2.05) is 29.8 Å². The third-order valence-corrected chi connectivity index (χ3v) is 7.01. The summed E-state index contributed by atoms with van der Waals surface area (Å²) in [6.45, 7) is -0.389. The number of nitrogens with two attached hydrogens (primary N) is 1. The van der Waals surface area contributed by atoms with Gasteiger partial charge in [-0.15, -0.1) is 12.4 Å². The number of aliphatic carboxylic acids is 1. The van der Waals surface area contributed by atoms with Gasteiger partial charge in [0.25, 0.3) is 0 Å². The fourth-order valence-electron chi connectivity index (χ4n) is 5.01. The lowest BCUT2D eigenvalue weighted by Gasteiger charge is -2.28. The number of amidine groups is 1. The van der Waals surface area contributed by atoms with Crippen LogP contribution in [0.15, 0.2) is 48.7 Å². The van der Waals surface area contributed by atoms with E-state index in [-0.39, 0.29) is 42.4 Å². The van der Waals surface area contributed by atoms with E-state index in [2.05, 4.69) is 0 Å². The van der Waals surface area contributed by atoms with Crippen molar-refractivity contribution in [3.63, 3.8) is 0 Å². The van der Waals surface area contributed by atoms with Gasteiger partial charge in [0.2, 0.25) is 5.91 Å². The number of hydrogen-bond donors (Lipinski definition) is 3. The van der Waals surface area contributed by atoms with Gasteiger partial charge in [-0.25, -0.2) is 0 Å². The smallest absolute Gasteiger partial charge is 0.323 e. The van der Waals surface area contributed by atoms with Crippen molar-refractivity contribution in [2.24, 2.45) is 18.7 Å². The Bertz CT molecular complexity index is 1310. The first-order valence-electron chi connectivity index (χ1n) is 12.3. The maximum absolute atomic E-state index is 13.2. The molecule has 37 heavy (non-hydrogen) atoms. The molecular formula is C28H33ClN4O4. The summed E-state index contributed by atoms with van der Waals surface area (Å²) in [5, 5.41) is 17.7. The summed E-state index contributed by atoms with van der Waals surface area (Å²) in [5.74, 6) is -1.33. The first-order chi connectivity index (χ1) is 17.2. The summed E-state index contributed by atoms with van der Waals surface area (Å²) in [6.07, 6.45) is 7.34. The molecule has 4 rings (SSSR count). The SMILES string of the molecule is Cl.Cn1cc(C(=O)CCc2ccc(C(=N)N)cc2)c2ccc(N(CC(=O)O)C(=O)C3CCCCC3)cc21. The number of anilines is 1. The van der Waals surface area contributed by atoms with Crippen LogP contribution < -0.4 is 10.6 Å². The van der Waals surface area contributed by atoms with Gasteiger partial charge in [0.05, 0.1) is 5.52 Å². The van der Waals surface area contributed by atoms with Gasteiger partial charge in [0.15, 0.2) is 5.78 Å². The van der Waals surface area contributed by atoms with E-state index in [0.717, 1.165) is 48.6 Å². The molecule has 196 valence electrons. The Labute approximate surface area is 222 Å². The minimum atomic E-state index is -1.06. The van der Waals surface area contributed by atoms with Crippen molar-refractivity contribution < 1.29 is 19.5 Å². The number of Topliss-reactive ketones (excluding diaryl/α,β-unsaturated/α-hetero) is 1. The minimum absolute atomic E-state index is 0. The molecule has 3 aromatic rings. The predicted octanol–water partition coefficient (Wildman–Crippen LogP) is 4.70. The number of aryl methyl sites for hydroxylation is 2. The fourth-order valence-corrected chi connectivity index (χ4v) is 5.01. The van der Waals surface area contributed by atoms with Gasteiger partial charge in [0.1, 0.15) is 12.4 Å². The van der Waals surface area contributed by atoms with E-state index in [0.29, 0.717) is 29.7 Å². The summed E-state index contributed by atoms with van der Waals surface area (Å²) in [7, 11) is 1.84. The standard InChI is InChI=1S/C28H32N4O4.ClH/c1-31-16-23(25(33)14-9-18-7-10-19(11-8-18)27(29)30)22-13-12-21(15-24(22)31)32(17-26(34)35)28(36)20-5-3-2-4-6-20;/h7-8,10-13,15-16,20H,2-6,9,14,17H2,1H3,(H3,29,30)(H,34,35);1H. The van der Waals surface area contributed by atoms with Crippen LogP contribution in [0, 0.1) is 11.3 Å². The highest BCUT2D eigenvalue weighted by Crippen LogP contribution is 2.31. The molecule has 4 N–H and O–H groups in total. The van der Waals surface area contributed by atoms with E-state index >= 15 is 0 Å². The average Bonchev–Trinajstić information content (AvgIpc) is 3.22. The maximum Gasteiger partial charge on any atom is 0.323 e. The van der Waals surface area contributed by atoms with Crippen molar-refractivity contribution in [1.29, 1.82) is 5.41 Å². The Balaban J connectivity index is 0.00000380. The molecule has 1 aliphatic carbocycles. The summed E-state index contributed by atoms with van der Waals surface area (Å²) in [4.78, 5) is 39.3. The molecule has 0 bridgehead atoms. The second-order valence-corrected chi connectivity index (χ2v) is 9.54. The van der Waals surface area contributed by atoms with Crippen molar-refractivity contribution in [2.45, 2.75) is 44.9 Å². The second-order valence-electron chi connectivity index (χ2n) is 9.54. The Morgan fingerprint density at radius 2 is 1.76 bits per heavy atom. The molecule has 1 saturated carbocycles. The number of nitrogens with zero attached hydrogens (tertiary/aromatic N) is 2. The summed E-state index contributed by atoms with van der Waals surface area (Å²) in [5.41, 5.74) is 9.04. The van der Waals surface area contributed by atoms with Crippen LogP contribution in [0.4, 0.5) is 5.69 Å². The van der Waals surface area contributed by atoms with Gasteiger partial charge in [-0.2, -0.15) is 0 Å². The molecular weight excluding hydrogens is 492 g/mol. The van der Waals surface area contributed by atoms with Crippen molar-refractivity contribution in [3.05, 3.63) is 65.4 Å². The number of nitrogen functional groups attached to an aromatic ring is 1. The minimum Gasteiger partial charge on any atom is -0.480 e. The number of rotatable bonds is 9. The van der Waals surface area contributed by atoms with Crippen LogP contribution in [0.2, 0.25) is 0 Å². The molecule has 0 saturated heterocycles. The van der Waals surface area contributed by atoms with Gasteiger partial charge in [-0.05, 0) is 37.0 Å². The summed E-state index contributed by atoms with van der Waals surface area (Å²) >= 11 is 0. The Kier molecular flexibility index (Phi) is 9.10. The predicted molar refractivity (Wildman–Crippen MR) is 147 cm³/mol. The normalized spacial score (nSPS) is 13.6. The topological polar surface area (TPSA) is 129 Å². The average molecular weight is 525 g/mol. The largest absolute Gasteiger partial charge is 0.480 e. The lowest BCUT2D eigenvalue weighted by Crippen LogP contribution is -2.40. The lowest BCUT2D eigenvalue weighted by molar-refractivity contribution is -0.137. The van der Waals surface area contributed by atoms with E-state index in [1.54, 1.807) is 30.5 Å². The fraction of sp³-hybridized carbons (Fsp3) is 0.357. The van der Waals surface area contributed by atoms with Crippen molar-refractivity contribution in [1.82, 2.24) is 4.57 Å². The molecule has 1 fully saturated rings. The van der Waals surface area contributed by atoms with Gasteiger partial charge in [-0.3, -0.25) is 19.8 Å². The number of halogens is 1. The Morgan fingerprint density at radius 1 is 1.08 bits per heavy atom. The number of amides is 1. The lowest BCUT2D eigenvalue weighted by atomic mass is 9.88. The number of nitrogens with one attached hydrogen (secondary N) is 1. The van der Waals surface area contributed by atoms with Crippen LogP contribution >= 0.6 is 12.4 Å². The number of ketones is 1. The highest BCUT2D eigenvalue weighted by Gasteiger charge is 2.29. The molecule has 0 atom stereocenters. The molecule has 1 amide bonds. The number of aromatic nitrogens is 1. The first-order valence-corrected chi connectivity index (χ1v) is 12.3. The molecule has 8 nitrogen and oxygen atoms in total. The van der Waals surface area contributed by atoms with Crippen molar-refractivity contribution in [2.75, 3.05) is 11.4 Å². The third kappa shape index (κ3) is 6.38. The van der Waals surface area contributed by atoms with Crippen LogP contribution in [0.1, 0.15) is 60.0 Å². The highest BCUT2D eigenvalue weighted by atomic mass is 35.5. The molecule has 0 aliphatic heterocycles. The molecule has 0 spiro atoms. The van der Waals surface area contributed by atoms with Crippen molar-refractivity contribution in [3.8, 4) is 0 Å². The first kappa shape index (κ1) is 27.9. The highest BCUT2D eigenvalue weighted by molar-refractivity contribution is 6.09. The molecule has 1 aromatic heterocycles. The third-order valence-electron chi connectivity index (χ3n) is 7.01. The number of carboxylic acids is 1. The van der Waals surface area contributed by atoms with E-state index in [9.17, 15) is 19.5 Å². The quantitative estimate of drug-likeness (QED) is 0.212. The summed E-state index contributed by atoms with van der Waals surface area (Å²) in [6, 6.07) is 12.7. The summed E-state index contributed by atoms with van der Waals surface area (Å²) < 4.78 is 1.84. The molecule has 1 aliphatic rings. The van der Waals surface area contributed by atoms with Crippen LogP contribution in [0.25, 0.3) is 10.9 Å². The number of hydrogen-bond acceptors (Lipinski definition) is 4. The van der Waals surface area contributed by atoms with E-state index in [1.165, 1.54) is 4.90 Å². The molecule has 0 radical (unpaired) electrons. The zero-order valence-electron chi connectivity index (χ0n) is 20.9. The molecule has 1 heterocycles. The second kappa shape index (κ2) is 12.1. The number of carboxylic acid groups (broad SMARTS) is 1. The zero-order chi connectivity index (χ0) is 25.8. The molecule has 9 heteroatoms. The maximum atomic E-state index is 13.2. The van der Waals surface area contributed by atoms with Crippen LogP contribution in [-0.2, 0) is 23.1 Å². The Morgan fingerprint density at radius 3 is 2.38 bits per heavy atom. The molecule has 0 unspecified atom stereocenters. The van der Waals surface area contributed by atoms with Crippen molar-refractivity contribution >= 4 is 52.5 Å². The van der Waals surface area contributed by atoms with Crippen LogP contribution in [0.5, 0.6) is 0 Å². The van der Waals surface area contributed by atoms with Gasteiger partial charge in [-0.1, -0.05) is 49.6 Å². The number of benzene rings is 2. The Hall–Kier alpha value is -3.65. The number of carbonyl (C=O) groups excluding carboxylic acids is 2. The van der Waals surface area contributed by atoms with Crippen LogP contribution in [0.3, 0.4) is 0 Å². The zero-order valence-corrected chi connectivity index (χ0v) is 21.7. The van der Waals surface area contributed by atoms with Gasteiger partial charge in [0, 0.05) is 47.8 Å². The molecule has 2 aromatic carbocycles. The monoisotopic (exact) mass is 524 g/mol. The van der Waals surface area contributed by atoms with Crippen LogP contribution in [-0.4, -0.2) is 39.7 Å².